The summed E-state index contributed by atoms with van der Waals surface area (Å²) in [4.78, 5) is 4.11. The van der Waals surface area contributed by atoms with Gasteiger partial charge in [0.1, 0.15) is 6.33 Å². The SMILES string of the molecule is CCNCc1ncn(CC)n1. The molecule has 0 amide bonds. The van der Waals surface area contributed by atoms with E-state index in [1.807, 2.05) is 11.6 Å². The molecule has 1 heterocycles. The standard InChI is InChI=1S/C7H14N4/c1-3-8-5-7-9-6-11(4-2)10-7/h6,8H,3-5H2,1-2H3. The van der Waals surface area contributed by atoms with Crippen LogP contribution in [-0.2, 0) is 13.1 Å². The van der Waals surface area contributed by atoms with Crippen LogP contribution in [0.15, 0.2) is 6.33 Å². The molecule has 0 aliphatic heterocycles. The van der Waals surface area contributed by atoms with Gasteiger partial charge in [-0.3, -0.25) is 4.68 Å². The summed E-state index contributed by atoms with van der Waals surface area (Å²) in [7, 11) is 0. The monoisotopic (exact) mass is 154 g/mol. The number of nitrogens with one attached hydrogen (secondary N) is 1. The highest BCUT2D eigenvalue weighted by atomic mass is 15.3. The Bertz CT molecular complexity index is 206. The van der Waals surface area contributed by atoms with E-state index in [0.717, 1.165) is 25.5 Å². The highest BCUT2D eigenvalue weighted by molar-refractivity contribution is 4.79. The lowest BCUT2D eigenvalue weighted by molar-refractivity contribution is 0.627. The molecule has 0 aliphatic carbocycles. The summed E-state index contributed by atoms with van der Waals surface area (Å²) in [6, 6.07) is 0. The number of hydrogen-bond acceptors (Lipinski definition) is 3. The zero-order valence-electron chi connectivity index (χ0n) is 7.04. The summed E-state index contributed by atoms with van der Waals surface area (Å²) in [6.07, 6.45) is 1.76. The molecule has 0 unspecified atom stereocenters. The molecule has 0 radical (unpaired) electrons. The second-order valence-electron chi connectivity index (χ2n) is 2.30. The predicted molar refractivity (Wildman–Crippen MR) is 43.1 cm³/mol. The van der Waals surface area contributed by atoms with Crippen molar-refractivity contribution in [3.8, 4) is 0 Å². The number of nitrogens with zero attached hydrogens (tertiary/aromatic N) is 3. The first-order chi connectivity index (χ1) is 5.36. The fraction of sp³-hybridized carbons (Fsp3) is 0.714. The summed E-state index contributed by atoms with van der Waals surface area (Å²) < 4.78 is 1.83. The van der Waals surface area contributed by atoms with Crippen LogP contribution in [0.1, 0.15) is 19.7 Å². The first-order valence-electron chi connectivity index (χ1n) is 3.95. The van der Waals surface area contributed by atoms with Crippen LogP contribution in [0.5, 0.6) is 0 Å². The van der Waals surface area contributed by atoms with Crippen molar-refractivity contribution in [2.45, 2.75) is 26.9 Å². The van der Waals surface area contributed by atoms with E-state index in [-0.39, 0.29) is 0 Å². The van der Waals surface area contributed by atoms with Gasteiger partial charge in [0.15, 0.2) is 5.82 Å². The Hall–Kier alpha value is -0.900. The number of rotatable bonds is 4. The molecule has 1 N–H and O–H groups in total. The predicted octanol–water partition coefficient (Wildman–Crippen LogP) is 0.407. The Labute approximate surface area is 66.6 Å². The molecule has 0 aliphatic rings. The fourth-order valence-electron chi connectivity index (χ4n) is 0.803. The molecule has 0 saturated heterocycles. The lowest BCUT2D eigenvalue weighted by Crippen LogP contribution is -2.13. The van der Waals surface area contributed by atoms with Crippen molar-refractivity contribution in [3.05, 3.63) is 12.2 Å². The van der Waals surface area contributed by atoms with Gasteiger partial charge in [-0.25, -0.2) is 4.98 Å². The van der Waals surface area contributed by atoms with E-state index in [1.165, 1.54) is 0 Å². The Morgan fingerprint density at radius 1 is 1.55 bits per heavy atom. The minimum atomic E-state index is 0.767. The van der Waals surface area contributed by atoms with E-state index >= 15 is 0 Å². The van der Waals surface area contributed by atoms with Crippen molar-refractivity contribution in [1.29, 1.82) is 0 Å². The van der Waals surface area contributed by atoms with Crippen molar-refractivity contribution < 1.29 is 0 Å². The van der Waals surface area contributed by atoms with Crippen molar-refractivity contribution >= 4 is 0 Å². The summed E-state index contributed by atoms with van der Waals surface area (Å²) in [5.74, 6) is 0.869. The highest BCUT2D eigenvalue weighted by Crippen LogP contribution is 1.88. The van der Waals surface area contributed by atoms with E-state index in [9.17, 15) is 0 Å². The molecule has 1 aromatic rings. The van der Waals surface area contributed by atoms with Crippen LogP contribution in [0.2, 0.25) is 0 Å². The van der Waals surface area contributed by atoms with Gasteiger partial charge >= 0.3 is 0 Å². The van der Waals surface area contributed by atoms with Gasteiger partial charge in [0.2, 0.25) is 0 Å². The molecule has 1 aromatic heterocycles. The summed E-state index contributed by atoms with van der Waals surface area (Å²) in [5.41, 5.74) is 0. The van der Waals surface area contributed by atoms with Crippen LogP contribution < -0.4 is 5.32 Å². The molecular weight excluding hydrogens is 140 g/mol. The Kier molecular flexibility index (Phi) is 3.04. The highest BCUT2D eigenvalue weighted by Gasteiger charge is 1.96. The summed E-state index contributed by atoms with van der Waals surface area (Å²) in [5, 5.41) is 7.37. The molecule has 0 fully saturated rings. The second kappa shape index (κ2) is 4.08. The summed E-state index contributed by atoms with van der Waals surface area (Å²) in [6.45, 7) is 6.73. The van der Waals surface area contributed by atoms with Gasteiger partial charge in [-0.1, -0.05) is 6.92 Å². The largest absolute Gasteiger partial charge is 0.310 e. The zero-order valence-corrected chi connectivity index (χ0v) is 7.04. The average Bonchev–Trinajstić information content (AvgIpc) is 2.48. The van der Waals surface area contributed by atoms with Gasteiger partial charge in [-0.05, 0) is 13.5 Å². The zero-order chi connectivity index (χ0) is 8.10. The Morgan fingerprint density at radius 3 is 2.91 bits per heavy atom. The molecule has 62 valence electrons. The number of aromatic nitrogens is 3. The van der Waals surface area contributed by atoms with Crippen molar-refractivity contribution in [3.63, 3.8) is 0 Å². The maximum absolute atomic E-state index is 4.21. The summed E-state index contributed by atoms with van der Waals surface area (Å²) >= 11 is 0. The van der Waals surface area contributed by atoms with Gasteiger partial charge in [0.05, 0.1) is 6.54 Å². The third kappa shape index (κ3) is 2.31. The smallest absolute Gasteiger partial charge is 0.164 e. The molecule has 1 rings (SSSR count). The fourth-order valence-corrected chi connectivity index (χ4v) is 0.803. The Morgan fingerprint density at radius 2 is 2.36 bits per heavy atom. The molecule has 11 heavy (non-hydrogen) atoms. The molecule has 0 atom stereocenters. The third-order valence-electron chi connectivity index (χ3n) is 1.44. The lowest BCUT2D eigenvalue weighted by atomic mass is 10.6. The normalized spacial score (nSPS) is 10.4. The maximum Gasteiger partial charge on any atom is 0.164 e. The van der Waals surface area contributed by atoms with E-state index in [0.29, 0.717) is 0 Å². The van der Waals surface area contributed by atoms with Crippen molar-refractivity contribution in [1.82, 2.24) is 20.1 Å². The molecular formula is C7H14N4. The first kappa shape index (κ1) is 8.20. The van der Waals surface area contributed by atoms with E-state index in [2.05, 4.69) is 22.3 Å². The minimum Gasteiger partial charge on any atom is -0.310 e. The second-order valence-corrected chi connectivity index (χ2v) is 2.30. The molecule has 0 bridgehead atoms. The van der Waals surface area contributed by atoms with Crippen LogP contribution in [0.4, 0.5) is 0 Å². The molecule has 0 saturated carbocycles. The minimum absolute atomic E-state index is 0.767. The van der Waals surface area contributed by atoms with Gasteiger partial charge in [-0.2, -0.15) is 5.10 Å². The molecule has 0 spiro atoms. The van der Waals surface area contributed by atoms with Crippen molar-refractivity contribution in [2.75, 3.05) is 6.54 Å². The lowest BCUT2D eigenvalue weighted by Gasteiger charge is -1.94. The van der Waals surface area contributed by atoms with E-state index < -0.39 is 0 Å². The molecule has 4 nitrogen and oxygen atoms in total. The van der Waals surface area contributed by atoms with Gasteiger partial charge in [-0.15, -0.1) is 0 Å². The quantitative estimate of drug-likeness (QED) is 0.683. The topological polar surface area (TPSA) is 42.7 Å². The van der Waals surface area contributed by atoms with Crippen LogP contribution in [0.3, 0.4) is 0 Å². The first-order valence-corrected chi connectivity index (χ1v) is 3.95. The van der Waals surface area contributed by atoms with Gasteiger partial charge < -0.3 is 5.32 Å². The maximum atomic E-state index is 4.21. The third-order valence-corrected chi connectivity index (χ3v) is 1.44. The van der Waals surface area contributed by atoms with Gasteiger partial charge in [0, 0.05) is 6.54 Å². The Balaban J connectivity index is 2.44. The van der Waals surface area contributed by atoms with Crippen molar-refractivity contribution in [2.24, 2.45) is 0 Å². The number of aryl methyl sites for hydroxylation is 1. The van der Waals surface area contributed by atoms with Crippen LogP contribution >= 0.6 is 0 Å². The molecule has 0 aromatic carbocycles. The van der Waals surface area contributed by atoms with E-state index in [1.54, 1.807) is 6.33 Å². The van der Waals surface area contributed by atoms with Gasteiger partial charge in [0.25, 0.3) is 0 Å². The van der Waals surface area contributed by atoms with Crippen LogP contribution in [-0.4, -0.2) is 21.3 Å². The average molecular weight is 154 g/mol. The van der Waals surface area contributed by atoms with E-state index in [4.69, 9.17) is 0 Å². The van der Waals surface area contributed by atoms with Crippen LogP contribution in [0.25, 0.3) is 0 Å². The molecule has 4 heteroatoms. The van der Waals surface area contributed by atoms with Crippen LogP contribution in [0, 0.1) is 0 Å². The number of hydrogen-bond donors (Lipinski definition) is 1.